The van der Waals surface area contributed by atoms with Gasteiger partial charge >= 0.3 is 11.9 Å². The van der Waals surface area contributed by atoms with Gasteiger partial charge in [0.05, 0.1) is 26.0 Å². The van der Waals surface area contributed by atoms with E-state index in [2.05, 4.69) is 110 Å². The van der Waals surface area contributed by atoms with E-state index in [0.717, 1.165) is 0 Å². The number of aliphatic imine (C=N–C) groups is 12. The molecule has 0 saturated carbocycles. The number of guanidine groups is 1. The van der Waals surface area contributed by atoms with E-state index in [0.29, 0.717) is 45.0 Å². The van der Waals surface area contributed by atoms with Crippen molar-refractivity contribution in [1.82, 2.24) is 25.3 Å². The van der Waals surface area contributed by atoms with E-state index < -0.39 is 199 Å². The minimum absolute atomic E-state index is 0.0824. The number of benzene rings is 2. The molecule has 0 fully saturated rings. The third kappa shape index (κ3) is 28.2. The van der Waals surface area contributed by atoms with Gasteiger partial charge in [0.15, 0.2) is 17.9 Å². The van der Waals surface area contributed by atoms with E-state index in [1.165, 1.54) is 33.5 Å². The molecule has 0 radical (unpaired) electrons. The predicted molar refractivity (Wildman–Crippen MR) is 434 cm³/mol. The van der Waals surface area contributed by atoms with Gasteiger partial charge < -0.3 is 113 Å². The largest absolute Gasteiger partial charge is 0.497 e. The van der Waals surface area contributed by atoms with Crippen LogP contribution in [0.5, 0.6) is 0 Å². The SMILES string of the molecule is CCC(C)C(N=C(O)C(CS)N=C(O)C(N=C(O)C(Cc1c[nH]c2ccccc12)N=C(O)C(CCC(=N)O)N=C(O)C(CC(=O)O)N=C(O)C(Cc1c[nH]c2ccccc12)N=C(O)CN=C(O)C(C)N=C(O)C(Cc1cnc[nH]1)N=C(O)C(CCCNC(=N)N)N=C(O)C(CS)N=C(O)C(N)C(C)O)C(C)C)C(=O)OC. The number of nitrogens with one attached hydrogen (secondary N) is 6. The Morgan fingerprint density at radius 2 is 1.03 bits per heavy atom. The number of aliphatic hydroxyl groups is 14. The summed E-state index contributed by atoms with van der Waals surface area (Å²) in [6, 6.07) is -3.92. The van der Waals surface area contributed by atoms with Crippen LogP contribution in [-0.4, -0.2) is 301 Å². The normalized spacial score (nSPS) is 17.8. The van der Waals surface area contributed by atoms with Gasteiger partial charge in [0.25, 0.3) is 0 Å². The van der Waals surface area contributed by atoms with Crippen LogP contribution in [0.3, 0.4) is 0 Å². The van der Waals surface area contributed by atoms with Gasteiger partial charge in [-0.1, -0.05) is 70.5 Å². The topological polar surface area (TPSA) is 667 Å². The second-order valence-electron chi connectivity index (χ2n) is 26.0. The van der Waals surface area contributed by atoms with Crippen LogP contribution < -0.4 is 16.8 Å². The highest BCUT2D eigenvalue weighted by atomic mass is 32.1. The van der Waals surface area contributed by atoms with Crippen molar-refractivity contribution in [3.8, 4) is 0 Å². The van der Waals surface area contributed by atoms with Gasteiger partial charge in [-0.25, -0.2) is 69.7 Å². The Bertz CT molecular complexity index is 4300. The van der Waals surface area contributed by atoms with Crippen molar-refractivity contribution in [2.24, 2.45) is 83.2 Å². The number of ether oxygens (including phenoxy) is 1. The van der Waals surface area contributed by atoms with Gasteiger partial charge in [0.1, 0.15) is 73.0 Å². The first kappa shape index (κ1) is 90.3. The van der Waals surface area contributed by atoms with E-state index in [-0.39, 0.29) is 62.0 Å². The monoisotopic (exact) mass is 1590 g/mol. The molecule has 606 valence electrons. The van der Waals surface area contributed by atoms with E-state index in [1.54, 1.807) is 81.7 Å². The number of methoxy groups -OCH3 is 1. The predicted octanol–water partition coefficient (Wildman–Crippen LogP) is 6.45. The Kier molecular flexibility index (Phi) is 36.1. The standard InChI is InChI=1S/C70H101N21O18S2/c1-8-34(4)57(69(108)109-7)91-66(105)51(31-111)89-68(107)56(33(2)3)90-64(103)47(23-38-27-78-43-17-12-10-15-41(38)43)85-60(99)45(19-20-52(71)93)84-63(102)49(25-54(95)96)87-62(101)46(22-37-26-77-42-16-11-9-14-40(37)42)82-53(94)29-79-58(97)35(5)81-61(100)48(24-39-28-75-32-80-39)86-59(98)44(18-13-21-76-70(73)74)83-65(104)50(30-110)88-67(106)55(72)36(6)92/h9-12,14-17,26-28,32-36,44-51,55-57,77-78,92,110-111H,8,13,18-25,29-31,72H2,1-7H3,(H2,71,93)(H,75,80)(H,79,97)(H,81,100)(H,82,94)(H,83,104)(H,84,102)(H,85,99)(H,86,98)(H,87,101)(H,88,106)(H,89,107)(H,90,103)(H,91,105)(H,95,96)(H4,73,74,76). The number of fused-ring (bicyclic) bond motifs is 2. The van der Waals surface area contributed by atoms with E-state index in [9.17, 15) is 86.2 Å². The van der Waals surface area contributed by atoms with E-state index in [4.69, 9.17) is 27.0 Å². The van der Waals surface area contributed by atoms with Crippen LogP contribution in [0.1, 0.15) is 96.9 Å². The number of carbonyl (C=O) groups is 2. The summed E-state index contributed by atoms with van der Waals surface area (Å²) in [5, 5.41) is 188. The second kappa shape index (κ2) is 44.4. The highest BCUT2D eigenvalue weighted by Crippen LogP contribution is 2.25. The number of nitrogens with two attached hydrogens (primary N) is 2. The average molecular weight is 1590 g/mol. The molecule has 0 spiro atoms. The van der Waals surface area contributed by atoms with Crippen molar-refractivity contribution in [2.45, 2.75) is 178 Å². The maximum atomic E-state index is 12.7. The number of carboxylic acid groups (broad SMARTS) is 1. The van der Waals surface area contributed by atoms with Crippen LogP contribution in [0, 0.1) is 22.7 Å². The Morgan fingerprint density at radius 3 is 1.53 bits per heavy atom. The number of thiol groups is 2. The highest BCUT2D eigenvalue weighted by Gasteiger charge is 2.33. The summed E-state index contributed by atoms with van der Waals surface area (Å²) in [6.07, 6.45) is 2.28. The first-order valence-electron chi connectivity index (χ1n) is 35.1. The summed E-state index contributed by atoms with van der Waals surface area (Å²) >= 11 is 8.49. The summed E-state index contributed by atoms with van der Waals surface area (Å²) in [4.78, 5) is 88.7. The van der Waals surface area contributed by atoms with Crippen molar-refractivity contribution in [1.29, 1.82) is 10.8 Å². The number of nitrogens with zero attached hydrogens (tertiary/aromatic N) is 13. The number of aliphatic hydroxyl groups excluding tert-OH is 14. The fraction of sp³-hybridized carbons (Fsp3) is 0.500. The summed E-state index contributed by atoms with van der Waals surface area (Å²) in [5.41, 5.74) is 13.9. The molecule has 0 bridgehead atoms. The first-order valence-corrected chi connectivity index (χ1v) is 36.4. The minimum Gasteiger partial charge on any atom is -0.497 e. The summed E-state index contributed by atoms with van der Waals surface area (Å²) in [7, 11) is 1.17. The Labute approximate surface area is 648 Å². The molecule has 14 unspecified atom stereocenters. The lowest BCUT2D eigenvalue weighted by molar-refractivity contribution is -0.143. The zero-order valence-corrected chi connectivity index (χ0v) is 63.9. The number of para-hydroxylation sites is 2. The average Bonchev–Trinajstić information content (AvgIpc) is 1.70. The molecule has 0 aliphatic heterocycles. The summed E-state index contributed by atoms with van der Waals surface area (Å²) in [5.74, 6) is -15.2. The molecule has 5 rings (SSSR count). The van der Waals surface area contributed by atoms with Crippen molar-refractivity contribution in [3.05, 3.63) is 90.3 Å². The van der Waals surface area contributed by atoms with Gasteiger partial charge in [-0.2, -0.15) is 25.3 Å². The number of rotatable bonds is 46. The zero-order valence-electron chi connectivity index (χ0n) is 62.1. The molecule has 0 saturated heterocycles. The quantitative estimate of drug-likeness (QED) is 0.00654. The highest BCUT2D eigenvalue weighted by molar-refractivity contribution is 7.80. The Balaban J connectivity index is 1.57. The Hall–Kier alpha value is -11.3. The van der Waals surface area contributed by atoms with Crippen LogP contribution in [0.2, 0.25) is 0 Å². The van der Waals surface area contributed by atoms with Crippen LogP contribution in [0.4, 0.5) is 0 Å². The number of aliphatic carboxylic acids is 1. The van der Waals surface area contributed by atoms with Crippen molar-refractivity contribution >= 4 is 142 Å². The number of hydrogen-bond donors (Lipinski definition) is 25. The van der Waals surface area contributed by atoms with E-state index in [1.807, 2.05) is 6.92 Å². The number of imidazole rings is 1. The van der Waals surface area contributed by atoms with E-state index >= 15 is 0 Å². The van der Waals surface area contributed by atoms with Gasteiger partial charge in [-0.3, -0.25) is 15.6 Å². The summed E-state index contributed by atoms with van der Waals surface area (Å²) < 4.78 is 4.90. The number of carbonyl (C=O) groups excluding carboxylic acids is 1. The van der Waals surface area contributed by atoms with Crippen LogP contribution in [0.25, 0.3) is 21.8 Å². The molecule has 39 nitrogen and oxygen atoms in total. The van der Waals surface area contributed by atoms with Crippen molar-refractivity contribution in [2.75, 3.05) is 31.7 Å². The molecular formula is C70H101N21O18S2. The number of hydrogen-bond acceptors (Lipinski definition) is 22. The van der Waals surface area contributed by atoms with Gasteiger partial charge in [0, 0.05) is 89.8 Å². The number of H-pyrrole nitrogens is 3. The van der Waals surface area contributed by atoms with Crippen molar-refractivity contribution in [3.63, 3.8) is 0 Å². The maximum absolute atomic E-state index is 12.7. The van der Waals surface area contributed by atoms with Crippen LogP contribution in [0.15, 0.2) is 133 Å². The molecule has 0 amide bonds. The Morgan fingerprint density at radius 1 is 0.568 bits per heavy atom. The molecule has 3 heterocycles. The molecule has 25 N–H and O–H groups in total. The number of esters is 1. The molecule has 5 aromatic rings. The molecule has 2 aromatic carbocycles. The lowest BCUT2D eigenvalue weighted by Crippen LogP contribution is -2.41. The smallest absolute Gasteiger partial charge is 0.330 e. The first-order chi connectivity index (χ1) is 52.6. The lowest BCUT2D eigenvalue weighted by atomic mass is 10.00. The van der Waals surface area contributed by atoms with Gasteiger partial charge in [0.2, 0.25) is 70.8 Å². The van der Waals surface area contributed by atoms with Crippen LogP contribution >= 0.6 is 25.3 Å². The fourth-order valence-electron chi connectivity index (χ4n) is 10.7. The molecule has 0 aliphatic rings. The van der Waals surface area contributed by atoms with Crippen LogP contribution in [-0.2, 0) is 33.6 Å². The number of aromatic nitrogens is 4. The third-order valence-electron chi connectivity index (χ3n) is 17.2. The molecular weight excluding hydrogens is 1490 g/mol. The molecule has 0 aliphatic carbocycles. The lowest BCUT2D eigenvalue weighted by Gasteiger charge is -2.21. The molecule has 41 heteroatoms. The van der Waals surface area contributed by atoms with Crippen molar-refractivity contribution < 1.29 is 90.9 Å². The maximum Gasteiger partial charge on any atom is 0.330 e. The summed E-state index contributed by atoms with van der Waals surface area (Å²) in [6.45, 7) is 8.62. The zero-order chi connectivity index (χ0) is 82.3. The van der Waals surface area contributed by atoms with Gasteiger partial charge in [-0.05, 0) is 68.2 Å². The second-order valence-corrected chi connectivity index (χ2v) is 26.8. The minimum atomic E-state index is -2.03. The number of aromatic amines is 3. The number of carboxylic acids is 1. The molecule has 14 atom stereocenters. The molecule has 3 aromatic heterocycles. The third-order valence-corrected chi connectivity index (χ3v) is 17.8. The fourth-order valence-corrected chi connectivity index (χ4v) is 11.2. The van der Waals surface area contributed by atoms with Gasteiger partial charge in [-0.15, -0.1) is 0 Å². The molecule has 111 heavy (non-hydrogen) atoms.